The van der Waals surface area contributed by atoms with Crippen molar-refractivity contribution in [2.75, 3.05) is 5.43 Å². The number of hydrazine groups is 1. The second kappa shape index (κ2) is 4.59. The van der Waals surface area contributed by atoms with Crippen molar-refractivity contribution in [2.45, 2.75) is 13.8 Å². The number of imide groups is 1. The number of carbonyl (C=O) groups excluding carboxylic acids is 2. The fourth-order valence-corrected chi connectivity index (χ4v) is 1.70. The molecule has 94 valence electrons. The summed E-state index contributed by atoms with van der Waals surface area (Å²) in [6.45, 7) is 3.19. The zero-order valence-electron chi connectivity index (χ0n) is 9.62. The zero-order chi connectivity index (χ0) is 13.4. The average Bonchev–Trinajstić information content (AvgIpc) is 2.52. The summed E-state index contributed by atoms with van der Waals surface area (Å²) in [7, 11) is 0. The number of anilines is 1. The van der Waals surface area contributed by atoms with Crippen molar-refractivity contribution >= 4 is 40.8 Å². The third-order valence-corrected chi connectivity index (χ3v) is 3.33. The van der Waals surface area contributed by atoms with Gasteiger partial charge in [0.05, 0.1) is 5.02 Å². The molecule has 0 fully saturated rings. The Kier molecular flexibility index (Phi) is 3.28. The van der Waals surface area contributed by atoms with Gasteiger partial charge in [0.15, 0.2) is 0 Å². The van der Waals surface area contributed by atoms with Crippen LogP contribution in [0.5, 0.6) is 0 Å². The third-order valence-electron chi connectivity index (χ3n) is 2.64. The summed E-state index contributed by atoms with van der Waals surface area (Å²) in [6.07, 6.45) is 0. The molecule has 1 aromatic rings. The van der Waals surface area contributed by atoms with Crippen LogP contribution in [0.4, 0.5) is 5.82 Å². The molecule has 1 aromatic heterocycles. The average molecular weight is 286 g/mol. The van der Waals surface area contributed by atoms with Crippen LogP contribution < -0.4 is 5.43 Å². The maximum absolute atomic E-state index is 11.8. The number of aromatic nitrogens is 1. The van der Waals surface area contributed by atoms with Gasteiger partial charge >= 0.3 is 0 Å². The molecule has 0 unspecified atom stereocenters. The van der Waals surface area contributed by atoms with E-state index in [1.165, 1.54) is 12.1 Å². The number of halogens is 2. The summed E-state index contributed by atoms with van der Waals surface area (Å²) >= 11 is 11.5. The molecule has 0 atom stereocenters. The number of nitrogens with zero attached hydrogens (tertiary/aromatic N) is 2. The SMILES string of the molecule is CC1=C(C)C(=O)N(Nc2ccc(Cl)c(Cl)n2)C1=O. The monoisotopic (exact) mass is 285 g/mol. The Morgan fingerprint density at radius 2 is 1.67 bits per heavy atom. The Bertz CT molecular complexity index is 560. The van der Waals surface area contributed by atoms with Gasteiger partial charge in [-0.2, -0.15) is 5.01 Å². The molecular formula is C11H9Cl2N3O2. The number of nitrogens with one attached hydrogen (secondary N) is 1. The summed E-state index contributed by atoms with van der Waals surface area (Å²) in [4.78, 5) is 27.5. The zero-order valence-corrected chi connectivity index (χ0v) is 11.1. The van der Waals surface area contributed by atoms with E-state index in [0.29, 0.717) is 16.2 Å². The number of carbonyl (C=O) groups is 2. The molecule has 0 aromatic carbocycles. The highest BCUT2D eigenvalue weighted by molar-refractivity contribution is 6.41. The predicted octanol–water partition coefficient (Wildman–Crippen LogP) is 2.42. The number of hydrogen-bond donors (Lipinski definition) is 1. The lowest BCUT2D eigenvalue weighted by Gasteiger charge is -2.16. The molecule has 2 amide bonds. The standard InChI is InChI=1S/C11H9Cl2N3O2/c1-5-6(2)11(18)16(10(5)17)15-8-4-3-7(12)9(13)14-8/h3-4H,1-2H3,(H,14,15). The molecule has 1 aliphatic rings. The maximum atomic E-state index is 11.8. The molecule has 0 radical (unpaired) electrons. The molecule has 2 heterocycles. The van der Waals surface area contributed by atoms with Crippen molar-refractivity contribution in [3.05, 3.63) is 33.5 Å². The molecule has 1 N–H and O–H groups in total. The van der Waals surface area contributed by atoms with E-state index in [1.54, 1.807) is 13.8 Å². The summed E-state index contributed by atoms with van der Waals surface area (Å²) in [5.74, 6) is -0.524. The summed E-state index contributed by atoms with van der Waals surface area (Å²) in [6, 6.07) is 3.05. The fraction of sp³-hybridized carbons (Fsp3) is 0.182. The quantitative estimate of drug-likeness (QED) is 0.670. The molecule has 0 saturated heterocycles. The molecule has 2 rings (SSSR count). The van der Waals surface area contributed by atoms with Gasteiger partial charge in [0, 0.05) is 11.1 Å². The molecule has 18 heavy (non-hydrogen) atoms. The van der Waals surface area contributed by atoms with Crippen LogP contribution in [-0.2, 0) is 9.59 Å². The molecular weight excluding hydrogens is 277 g/mol. The van der Waals surface area contributed by atoms with Crippen LogP contribution in [0.2, 0.25) is 10.2 Å². The summed E-state index contributed by atoms with van der Waals surface area (Å²) in [5, 5.41) is 1.30. The van der Waals surface area contributed by atoms with Gasteiger partial charge in [0.1, 0.15) is 11.0 Å². The predicted molar refractivity (Wildman–Crippen MR) is 68.1 cm³/mol. The number of rotatable bonds is 2. The van der Waals surface area contributed by atoms with Gasteiger partial charge in [0.25, 0.3) is 11.8 Å². The lowest BCUT2D eigenvalue weighted by Crippen LogP contribution is -2.37. The highest BCUT2D eigenvalue weighted by Gasteiger charge is 2.33. The maximum Gasteiger partial charge on any atom is 0.275 e. The Morgan fingerprint density at radius 3 is 2.17 bits per heavy atom. The van der Waals surface area contributed by atoms with Gasteiger partial charge in [-0.3, -0.25) is 15.0 Å². The van der Waals surface area contributed by atoms with Crippen LogP contribution in [-0.4, -0.2) is 21.8 Å². The lowest BCUT2D eigenvalue weighted by atomic mass is 10.2. The van der Waals surface area contributed by atoms with Gasteiger partial charge in [0.2, 0.25) is 0 Å². The van der Waals surface area contributed by atoms with Crippen molar-refractivity contribution in [2.24, 2.45) is 0 Å². The number of amides is 2. The first-order valence-corrected chi connectivity index (χ1v) is 5.82. The molecule has 5 nitrogen and oxygen atoms in total. The Morgan fingerprint density at radius 1 is 1.11 bits per heavy atom. The first-order valence-electron chi connectivity index (χ1n) is 5.06. The van der Waals surface area contributed by atoms with E-state index < -0.39 is 11.8 Å². The van der Waals surface area contributed by atoms with Crippen molar-refractivity contribution < 1.29 is 9.59 Å². The van der Waals surface area contributed by atoms with E-state index in [1.807, 2.05) is 0 Å². The summed E-state index contributed by atoms with van der Waals surface area (Å²) < 4.78 is 0. The smallest absolute Gasteiger partial charge is 0.271 e. The molecule has 7 heteroatoms. The minimum Gasteiger partial charge on any atom is -0.271 e. The lowest BCUT2D eigenvalue weighted by molar-refractivity contribution is -0.135. The second-order valence-electron chi connectivity index (χ2n) is 3.78. The molecule has 0 aliphatic carbocycles. The number of pyridine rings is 1. The van der Waals surface area contributed by atoms with E-state index in [-0.39, 0.29) is 11.0 Å². The van der Waals surface area contributed by atoms with Crippen molar-refractivity contribution in [1.82, 2.24) is 9.99 Å². The van der Waals surface area contributed by atoms with Crippen molar-refractivity contribution in [1.29, 1.82) is 0 Å². The first-order chi connectivity index (χ1) is 8.41. The normalized spacial score (nSPS) is 15.7. The van der Waals surface area contributed by atoms with E-state index >= 15 is 0 Å². The van der Waals surface area contributed by atoms with Gasteiger partial charge in [-0.1, -0.05) is 23.2 Å². The van der Waals surface area contributed by atoms with Crippen molar-refractivity contribution in [3.63, 3.8) is 0 Å². The molecule has 1 aliphatic heterocycles. The van der Waals surface area contributed by atoms with Crippen LogP contribution in [0.1, 0.15) is 13.8 Å². The van der Waals surface area contributed by atoms with E-state index in [4.69, 9.17) is 23.2 Å². The van der Waals surface area contributed by atoms with Gasteiger partial charge < -0.3 is 0 Å². The largest absolute Gasteiger partial charge is 0.275 e. The minimum atomic E-state index is -0.398. The van der Waals surface area contributed by atoms with E-state index in [0.717, 1.165) is 5.01 Å². The third kappa shape index (κ3) is 2.07. The van der Waals surface area contributed by atoms with Crippen LogP contribution in [0.15, 0.2) is 23.3 Å². The Hall–Kier alpha value is -1.59. The van der Waals surface area contributed by atoms with E-state index in [2.05, 4.69) is 10.4 Å². The Labute approximate surface area is 113 Å². The molecule has 0 bridgehead atoms. The topological polar surface area (TPSA) is 62.3 Å². The minimum absolute atomic E-state index is 0.0992. The van der Waals surface area contributed by atoms with Crippen molar-refractivity contribution in [3.8, 4) is 0 Å². The highest BCUT2D eigenvalue weighted by Crippen LogP contribution is 2.24. The van der Waals surface area contributed by atoms with E-state index in [9.17, 15) is 9.59 Å². The van der Waals surface area contributed by atoms with Crippen LogP contribution in [0, 0.1) is 0 Å². The van der Waals surface area contributed by atoms with Crippen LogP contribution in [0.3, 0.4) is 0 Å². The molecule has 0 saturated carbocycles. The number of hydrogen-bond acceptors (Lipinski definition) is 4. The van der Waals surface area contributed by atoms with Gasteiger partial charge in [-0.05, 0) is 26.0 Å². The Balaban J connectivity index is 2.24. The van der Waals surface area contributed by atoms with Gasteiger partial charge in [-0.15, -0.1) is 0 Å². The highest BCUT2D eigenvalue weighted by atomic mass is 35.5. The fourth-order valence-electron chi connectivity index (χ4n) is 1.44. The summed E-state index contributed by atoms with van der Waals surface area (Å²) in [5.41, 5.74) is 3.43. The van der Waals surface area contributed by atoms with Crippen LogP contribution in [0.25, 0.3) is 0 Å². The first kappa shape index (κ1) is 12.9. The van der Waals surface area contributed by atoms with Crippen LogP contribution >= 0.6 is 23.2 Å². The molecule has 0 spiro atoms. The van der Waals surface area contributed by atoms with Gasteiger partial charge in [-0.25, -0.2) is 4.98 Å². The second-order valence-corrected chi connectivity index (χ2v) is 4.54.